The maximum absolute atomic E-state index is 12.2. The van der Waals surface area contributed by atoms with E-state index in [4.69, 9.17) is 5.11 Å². The monoisotopic (exact) mass is 293 g/mol. The highest BCUT2D eigenvalue weighted by Crippen LogP contribution is 2.10. The summed E-state index contributed by atoms with van der Waals surface area (Å²) >= 11 is 1.54. The van der Waals surface area contributed by atoms with Gasteiger partial charge in [0.15, 0.2) is 0 Å². The molecule has 7 heteroatoms. The highest BCUT2D eigenvalue weighted by Gasteiger charge is 2.21. The van der Waals surface area contributed by atoms with Crippen LogP contribution in [0.25, 0.3) is 5.52 Å². The number of aromatic nitrogens is 2. The molecule has 0 fully saturated rings. The molecule has 0 aliphatic carbocycles. The van der Waals surface area contributed by atoms with Crippen LogP contribution < -0.4 is 5.32 Å². The summed E-state index contributed by atoms with van der Waals surface area (Å²) in [6, 6.07) is 4.49. The lowest BCUT2D eigenvalue weighted by Crippen LogP contribution is -2.41. The van der Waals surface area contributed by atoms with Crippen molar-refractivity contribution in [1.82, 2.24) is 14.9 Å². The molecule has 6 nitrogen and oxygen atoms in total. The van der Waals surface area contributed by atoms with Gasteiger partial charge < -0.3 is 10.4 Å². The topological polar surface area (TPSA) is 83.7 Å². The van der Waals surface area contributed by atoms with Crippen molar-refractivity contribution in [3.63, 3.8) is 0 Å². The third-order valence-electron chi connectivity index (χ3n) is 2.89. The minimum absolute atomic E-state index is 0.376. The van der Waals surface area contributed by atoms with Gasteiger partial charge in [-0.05, 0) is 30.6 Å². The van der Waals surface area contributed by atoms with Gasteiger partial charge in [-0.3, -0.25) is 4.79 Å². The molecule has 2 rings (SSSR count). The Morgan fingerprint density at radius 1 is 1.50 bits per heavy atom. The molecule has 0 saturated heterocycles. The van der Waals surface area contributed by atoms with E-state index < -0.39 is 17.9 Å². The molecule has 106 valence electrons. The number of carboxylic acid groups (broad SMARTS) is 1. The molecule has 2 aromatic rings. The lowest BCUT2D eigenvalue weighted by molar-refractivity contribution is -0.139. The lowest BCUT2D eigenvalue weighted by atomic mass is 10.2. The Hall–Kier alpha value is -2.02. The zero-order valence-corrected chi connectivity index (χ0v) is 11.8. The van der Waals surface area contributed by atoms with Crippen LogP contribution in [0.5, 0.6) is 0 Å². The summed E-state index contributed by atoms with van der Waals surface area (Å²) in [7, 11) is 0. The lowest BCUT2D eigenvalue weighted by Gasteiger charge is -2.13. The van der Waals surface area contributed by atoms with Crippen molar-refractivity contribution in [3.8, 4) is 0 Å². The number of carbonyl (C=O) groups excluding carboxylic acids is 1. The number of hydrogen-bond donors (Lipinski definition) is 2. The van der Waals surface area contributed by atoms with Gasteiger partial charge in [-0.15, -0.1) is 0 Å². The predicted octanol–water partition coefficient (Wildman–Crippen LogP) is 1.27. The number of aliphatic carboxylic acids is 1. The fourth-order valence-corrected chi connectivity index (χ4v) is 2.31. The molecule has 0 aliphatic heterocycles. The van der Waals surface area contributed by atoms with Crippen molar-refractivity contribution in [1.29, 1.82) is 0 Å². The second kappa shape index (κ2) is 6.42. The summed E-state index contributed by atoms with van der Waals surface area (Å²) in [4.78, 5) is 23.3. The first-order valence-corrected chi connectivity index (χ1v) is 7.48. The zero-order chi connectivity index (χ0) is 14.5. The summed E-state index contributed by atoms with van der Waals surface area (Å²) in [6.07, 6.45) is 5.46. The van der Waals surface area contributed by atoms with Gasteiger partial charge in [0.05, 0.1) is 17.3 Å². The molecule has 20 heavy (non-hydrogen) atoms. The van der Waals surface area contributed by atoms with E-state index in [-0.39, 0.29) is 0 Å². The van der Waals surface area contributed by atoms with Crippen LogP contribution in [-0.4, -0.2) is 44.6 Å². The minimum atomic E-state index is -1.02. The number of rotatable bonds is 6. The Bertz CT molecular complexity index is 626. The van der Waals surface area contributed by atoms with E-state index in [0.717, 1.165) is 0 Å². The first-order valence-electron chi connectivity index (χ1n) is 6.08. The van der Waals surface area contributed by atoms with Crippen LogP contribution in [0.15, 0.2) is 30.6 Å². The molecule has 0 saturated carbocycles. The summed E-state index contributed by atoms with van der Waals surface area (Å²) in [5.41, 5.74) is 1.03. The van der Waals surface area contributed by atoms with Gasteiger partial charge >= 0.3 is 5.97 Å². The van der Waals surface area contributed by atoms with Crippen LogP contribution in [0.4, 0.5) is 0 Å². The number of amides is 1. The highest BCUT2D eigenvalue weighted by atomic mass is 32.2. The summed E-state index contributed by atoms with van der Waals surface area (Å²) in [6.45, 7) is 0. The van der Waals surface area contributed by atoms with Gasteiger partial charge in [0.2, 0.25) is 0 Å². The molecule has 1 atom stereocenters. The Labute approximate surface area is 120 Å². The first-order chi connectivity index (χ1) is 9.63. The van der Waals surface area contributed by atoms with E-state index in [2.05, 4.69) is 10.4 Å². The van der Waals surface area contributed by atoms with Crippen molar-refractivity contribution in [2.45, 2.75) is 12.5 Å². The Morgan fingerprint density at radius 2 is 2.30 bits per heavy atom. The van der Waals surface area contributed by atoms with Gasteiger partial charge in [0, 0.05) is 6.20 Å². The maximum Gasteiger partial charge on any atom is 0.326 e. The third-order valence-corrected chi connectivity index (χ3v) is 3.53. The number of carboxylic acids is 1. The number of nitrogens with zero attached hydrogens (tertiary/aromatic N) is 2. The number of carbonyl (C=O) groups is 2. The van der Waals surface area contributed by atoms with E-state index >= 15 is 0 Å². The smallest absolute Gasteiger partial charge is 0.326 e. The van der Waals surface area contributed by atoms with Crippen molar-refractivity contribution in [2.75, 3.05) is 12.0 Å². The Kier molecular flexibility index (Phi) is 4.62. The van der Waals surface area contributed by atoms with Gasteiger partial charge in [0.25, 0.3) is 5.91 Å². The number of pyridine rings is 1. The fraction of sp³-hybridized carbons (Fsp3) is 0.308. The standard InChI is InChI=1S/C13H15N3O3S/c1-20-7-5-10(13(18)19)15-12(17)9-8-14-16-6-3-2-4-11(9)16/h2-4,6,8,10H,5,7H2,1H3,(H,15,17)(H,18,19)/t10-/m0/s1. The van der Waals surface area contributed by atoms with E-state index in [1.807, 2.05) is 6.26 Å². The van der Waals surface area contributed by atoms with Gasteiger partial charge in [-0.2, -0.15) is 16.9 Å². The summed E-state index contributed by atoms with van der Waals surface area (Å²) in [5.74, 6) is -0.769. The second-order valence-corrected chi connectivity index (χ2v) is 5.22. The van der Waals surface area contributed by atoms with Crippen molar-refractivity contribution in [2.24, 2.45) is 0 Å². The van der Waals surface area contributed by atoms with Crippen molar-refractivity contribution in [3.05, 3.63) is 36.2 Å². The molecule has 0 radical (unpaired) electrons. The van der Waals surface area contributed by atoms with Gasteiger partial charge in [0.1, 0.15) is 6.04 Å². The molecular formula is C13H15N3O3S. The van der Waals surface area contributed by atoms with E-state index in [1.165, 1.54) is 6.20 Å². The van der Waals surface area contributed by atoms with Crippen molar-refractivity contribution < 1.29 is 14.7 Å². The number of fused-ring (bicyclic) bond motifs is 1. The SMILES string of the molecule is CSCC[C@H](NC(=O)c1cnn2ccccc12)C(=O)O. The number of hydrogen-bond acceptors (Lipinski definition) is 4. The van der Waals surface area contributed by atoms with Crippen LogP contribution >= 0.6 is 11.8 Å². The molecule has 2 heterocycles. The quantitative estimate of drug-likeness (QED) is 0.838. The molecule has 0 aliphatic rings. The number of thioether (sulfide) groups is 1. The van der Waals surface area contributed by atoms with E-state index in [9.17, 15) is 9.59 Å². The van der Waals surface area contributed by atoms with E-state index in [1.54, 1.807) is 40.7 Å². The van der Waals surface area contributed by atoms with Crippen LogP contribution in [0.1, 0.15) is 16.8 Å². The second-order valence-electron chi connectivity index (χ2n) is 4.23. The predicted molar refractivity (Wildman–Crippen MR) is 77.1 cm³/mol. The average molecular weight is 293 g/mol. The van der Waals surface area contributed by atoms with Crippen LogP contribution in [0.2, 0.25) is 0 Å². The Morgan fingerprint density at radius 3 is 3.00 bits per heavy atom. The first kappa shape index (κ1) is 14.4. The van der Waals surface area contributed by atoms with Crippen LogP contribution in [0, 0.1) is 0 Å². The molecule has 0 bridgehead atoms. The van der Waals surface area contributed by atoms with Crippen molar-refractivity contribution >= 4 is 29.2 Å². The van der Waals surface area contributed by atoms with Gasteiger partial charge in [-0.25, -0.2) is 9.31 Å². The zero-order valence-electron chi connectivity index (χ0n) is 10.9. The summed E-state index contributed by atoms with van der Waals surface area (Å²) in [5, 5.41) is 15.7. The average Bonchev–Trinajstić information content (AvgIpc) is 2.87. The molecule has 1 amide bonds. The largest absolute Gasteiger partial charge is 0.480 e. The Balaban J connectivity index is 2.16. The van der Waals surface area contributed by atoms with E-state index in [0.29, 0.717) is 23.3 Å². The molecule has 2 aromatic heterocycles. The molecule has 0 spiro atoms. The third kappa shape index (κ3) is 3.11. The van der Waals surface area contributed by atoms with Crippen LogP contribution in [0.3, 0.4) is 0 Å². The molecule has 0 aromatic carbocycles. The molecule has 2 N–H and O–H groups in total. The summed E-state index contributed by atoms with van der Waals surface area (Å²) < 4.78 is 1.58. The fourth-order valence-electron chi connectivity index (χ4n) is 1.84. The maximum atomic E-state index is 12.2. The van der Waals surface area contributed by atoms with Gasteiger partial charge in [-0.1, -0.05) is 6.07 Å². The molecule has 0 unspecified atom stereocenters. The number of nitrogens with one attached hydrogen (secondary N) is 1. The normalized spacial score (nSPS) is 12.2. The molecular weight excluding hydrogens is 278 g/mol. The minimum Gasteiger partial charge on any atom is -0.480 e. The highest BCUT2D eigenvalue weighted by molar-refractivity contribution is 7.98. The van der Waals surface area contributed by atoms with Crippen LogP contribution in [-0.2, 0) is 4.79 Å².